The minimum Gasteiger partial charge on any atom is -0.357 e. The summed E-state index contributed by atoms with van der Waals surface area (Å²) in [6, 6.07) is 7.11. The second-order valence-electron chi connectivity index (χ2n) is 5.75. The van der Waals surface area contributed by atoms with Gasteiger partial charge in [-0.05, 0) is 55.7 Å². The fourth-order valence-corrected chi connectivity index (χ4v) is 2.60. The normalized spacial score (nSPS) is 10.6. The second kappa shape index (κ2) is 9.11. The SMILES string of the molecule is CCN(CC)c1cc(CCC(=O)NCc2cc(F)cc(F)c2)ccn1. The molecule has 25 heavy (non-hydrogen) atoms. The van der Waals surface area contributed by atoms with E-state index in [1.165, 1.54) is 12.1 Å². The van der Waals surface area contributed by atoms with E-state index in [2.05, 4.69) is 29.0 Å². The highest BCUT2D eigenvalue weighted by molar-refractivity contribution is 5.76. The highest BCUT2D eigenvalue weighted by atomic mass is 19.1. The van der Waals surface area contributed by atoms with Crippen LogP contribution in [0.1, 0.15) is 31.4 Å². The fraction of sp³-hybridized carbons (Fsp3) is 0.368. The Morgan fingerprint density at radius 3 is 2.40 bits per heavy atom. The van der Waals surface area contributed by atoms with E-state index in [0.29, 0.717) is 18.4 Å². The van der Waals surface area contributed by atoms with Crippen molar-refractivity contribution in [2.45, 2.75) is 33.2 Å². The lowest BCUT2D eigenvalue weighted by molar-refractivity contribution is -0.121. The molecule has 0 radical (unpaired) electrons. The van der Waals surface area contributed by atoms with E-state index in [-0.39, 0.29) is 12.5 Å². The molecule has 0 saturated carbocycles. The molecule has 0 bridgehead atoms. The van der Waals surface area contributed by atoms with Gasteiger partial charge in [0.1, 0.15) is 17.5 Å². The van der Waals surface area contributed by atoms with Gasteiger partial charge < -0.3 is 10.2 Å². The largest absolute Gasteiger partial charge is 0.357 e. The van der Waals surface area contributed by atoms with Crippen molar-refractivity contribution in [3.05, 3.63) is 59.3 Å². The van der Waals surface area contributed by atoms with Crippen LogP contribution in [0.3, 0.4) is 0 Å². The predicted octanol–water partition coefficient (Wildman–Crippen LogP) is 3.46. The zero-order valence-corrected chi connectivity index (χ0v) is 14.6. The standard InChI is InChI=1S/C19H23F2N3O/c1-3-24(4-2)18-11-14(7-8-22-18)5-6-19(25)23-13-15-9-16(20)12-17(21)10-15/h7-12H,3-6,13H2,1-2H3,(H,23,25). The molecular weight excluding hydrogens is 324 g/mol. The number of carbonyl (C=O) groups excluding carboxylic acids is 1. The lowest BCUT2D eigenvalue weighted by Gasteiger charge is -2.20. The number of nitrogens with one attached hydrogen (secondary N) is 1. The molecule has 0 aliphatic carbocycles. The molecule has 0 unspecified atom stereocenters. The van der Waals surface area contributed by atoms with Gasteiger partial charge >= 0.3 is 0 Å². The number of pyridine rings is 1. The van der Waals surface area contributed by atoms with Gasteiger partial charge in [0.05, 0.1) is 0 Å². The van der Waals surface area contributed by atoms with Crippen molar-refractivity contribution < 1.29 is 13.6 Å². The van der Waals surface area contributed by atoms with Crippen LogP contribution in [0, 0.1) is 11.6 Å². The molecule has 6 heteroatoms. The predicted molar refractivity (Wildman–Crippen MR) is 94.3 cm³/mol. The smallest absolute Gasteiger partial charge is 0.220 e. The molecular formula is C19H23F2N3O. The Balaban J connectivity index is 1.86. The summed E-state index contributed by atoms with van der Waals surface area (Å²) >= 11 is 0. The number of amides is 1. The lowest BCUT2D eigenvalue weighted by Crippen LogP contribution is -2.24. The first-order chi connectivity index (χ1) is 12.0. The van der Waals surface area contributed by atoms with Gasteiger partial charge in [-0.2, -0.15) is 0 Å². The first-order valence-corrected chi connectivity index (χ1v) is 8.43. The molecule has 134 valence electrons. The van der Waals surface area contributed by atoms with Crippen molar-refractivity contribution >= 4 is 11.7 Å². The number of benzene rings is 1. The van der Waals surface area contributed by atoms with Gasteiger partial charge in [-0.1, -0.05) is 0 Å². The summed E-state index contributed by atoms with van der Waals surface area (Å²) in [6.07, 6.45) is 2.63. The Hall–Kier alpha value is -2.50. The minimum atomic E-state index is -0.648. The van der Waals surface area contributed by atoms with E-state index in [9.17, 15) is 13.6 Å². The fourth-order valence-electron chi connectivity index (χ4n) is 2.60. The summed E-state index contributed by atoms with van der Waals surface area (Å²) in [5, 5.41) is 2.69. The van der Waals surface area contributed by atoms with Crippen LogP contribution in [0.2, 0.25) is 0 Å². The first-order valence-electron chi connectivity index (χ1n) is 8.43. The Bertz CT molecular complexity index is 697. The topological polar surface area (TPSA) is 45.2 Å². The Morgan fingerprint density at radius 1 is 1.08 bits per heavy atom. The number of rotatable bonds is 8. The molecule has 1 N–H and O–H groups in total. The lowest BCUT2D eigenvalue weighted by atomic mass is 10.1. The molecule has 0 fully saturated rings. The van der Waals surface area contributed by atoms with Crippen molar-refractivity contribution in [1.82, 2.24) is 10.3 Å². The number of nitrogens with zero attached hydrogens (tertiary/aromatic N) is 2. The van der Waals surface area contributed by atoms with E-state index in [0.717, 1.165) is 30.5 Å². The molecule has 1 aromatic heterocycles. The zero-order valence-electron chi connectivity index (χ0n) is 14.6. The molecule has 1 amide bonds. The van der Waals surface area contributed by atoms with Crippen LogP contribution in [0.5, 0.6) is 0 Å². The van der Waals surface area contributed by atoms with Crippen LogP contribution in [0.15, 0.2) is 36.5 Å². The Kier molecular flexibility index (Phi) is 6.86. The molecule has 0 aliphatic heterocycles. The van der Waals surface area contributed by atoms with E-state index in [1.807, 2.05) is 12.1 Å². The van der Waals surface area contributed by atoms with Crippen LogP contribution in [0.25, 0.3) is 0 Å². The van der Waals surface area contributed by atoms with Gasteiger partial charge in [0, 0.05) is 38.3 Å². The molecule has 1 aromatic carbocycles. The number of halogens is 2. The maximum atomic E-state index is 13.1. The number of hydrogen-bond acceptors (Lipinski definition) is 3. The van der Waals surface area contributed by atoms with E-state index in [1.54, 1.807) is 6.20 Å². The summed E-state index contributed by atoms with van der Waals surface area (Å²) in [6.45, 7) is 5.99. The van der Waals surface area contributed by atoms with Gasteiger partial charge in [-0.15, -0.1) is 0 Å². The quantitative estimate of drug-likeness (QED) is 0.795. The molecule has 0 saturated heterocycles. The van der Waals surface area contributed by atoms with Crippen LogP contribution >= 0.6 is 0 Å². The average molecular weight is 347 g/mol. The highest BCUT2D eigenvalue weighted by Gasteiger charge is 2.07. The summed E-state index contributed by atoms with van der Waals surface area (Å²) in [4.78, 5) is 18.5. The maximum Gasteiger partial charge on any atom is 0.220 e. The second-order valence-corrected chi connectivity index (χ2v) is 5.75. The van der Waals surface area contributed by atoms with Crippen LogP contribution in [-0.2, 0) is 17.8 Å². The van der Waals surface area contributed by atoms with Crippen molar-refractivity contribution in [2.75, 3.05) is 18.0 Å². The van der Waals surface area contributed by atoms with Gasteiger partial charge in [0.15, 0.2) is 0 Å². The van der Waals surface area contributed by atoms with Gasteiger partial charge in [-0.25, -0.2) is 13.8 Å². The third-order valence-electron chi connectivity index (χ3n) is 3.95. The average Bonchev–Trinajstić information content (AvgIpc) is 2.59. The van der Waals surface area contributed by atoms with Crippen molar-refractivity contribution in [2.24, 2.45) is 0 Å². The van der Waals surface area contributed by atoms with Gasteiger partial charge in [0.25, 0.3) is 0 Å². The molecule has 0 aliphatic rings. The molecule has 1 heterocycles. The van der Waals surface area contributed by atoms with Crippen molar-refractivity contribution in [1.29, 1.82) is 0 Å². The molecule has 2 aromatic rings. The van der Waals surface area contributed by atoms with Crippen LogP contribution < -0.4 is 10.2 Å². The molecule has 0 spiro atoms. The number of carbonyl (C=O) groups is 1. The number of aryl methyl sites for hydroxylation is 1. The van der Waals surface area contributed by atoms with Crippen molar-refractivity contribution in [3.8, 4) is 0 Å². The molecule has 4 nitrogen and oxygen atoms in total. The monoisotopic (exact) mass is 347 g/mol. The van der Waals surface area contributed by atoms with Gasteiger partial charge in [0.2, 0.25) is 5.91 Å². The Labute approximate surface area is 146 Å². The first kappa shape index (κ1) is 18.8. The van der Waals surface area contributed by atoms with E-state index >= 15 is 0 Å². The van der Waals surface area contributed by atoms with E-state index < -0.39 is 11.6 Å². The summed E-state index contributed by atoms with van der Waals surface area (Å²) in [5.41, 5.74) is 1.43. The van der Waals surface area contributed by atoms with Gasteiger partial charge in [-0.3, -0.25) is 4.79 Å². The maximum absolute atomic E-state index is 13.1. The highest BCUT2D eigenvalue weighted by Crippen LogP contribution is 2.14. The summed E-state index contributed by atoms with van der Waals surface area (Å²) in [7, 11) is 0. The van der Waals surface area contributed by atoms with E-state index in [4.69, 9.17) is 0 Å². The summed E-state index contributed by atoms with van der Waals surface area (Å²) in [5.74, 6) is -0.557. The van der Waals surface area contributed by atoms with Crippen LogP contribution in [0.4, 0.5) is 14.6 Å². The third-order valence-corrected chi connectivity index (χ3v) is 3.95. The number of aromatic nitrogens is 1. The minimum absolute atomic E-state index is 0.106. The molecule has 2 rings (SSSR count). The Morgan fingerprint density at radius 2 is 1.76 bits per heavy atom. The van der Waals surface area contributed by atoms with Crippen LogP contribution in [-0.4, -0.2) is 24.0 Å². The number of hydrogen-bond donors (Lipinski definition) is 1. The van der Waals surface area contributed by atoms with Crippen molar-refractivity contribution in [3.63, 3.8) is 0 Å². The zero-order chi connectivity index (χ0) is 18.2. The summed E-state index contributed by atoms with van der Waals surface area (Å²) < 4.78 is 26.2. The third kappa shape index (κ3) is 5.81. The molecule has 0 atom stereocenters. The number of anilines is 1.